The van der Waals surface area contributed by atoms with Gasteiger partial charge in [0.1, 0.15) is 16.6 Å². The summed E-state index contributed by atoms with van der Waals surface area (Å²) in [6.45, 7) is 0. The number of aromatic nitrogens is 5. The molecule has 0 aliphatic rings. The maximum atomic E-state index is 10.9. The second kappa shape index (κ2) is 3.23. The molecule has 0 saturated carbocycles. The third-order valence-corrected chi connectivity index (χ3v) is 2.38. The smallest absolute Gasteiger partial charge is 0.301 e. The predicted molar refractivity (Wildman–Crippen MR) is 57.0 cm³/mol. The summed E-state index contributed by atoms with van der Waals surface area (Å²) < 4.78 is 0. The van der Waals surface area contributed by atoms with E-state index in [0.29, 0.717) is 0 Å². The minimum atomic E-state index is -0.705. The molecular weight excluding hydrogens is 244 g/mol. The van der Waals surface area contributed by atoms with Gasteiger partial charge < -0.3 is 10.2 Å². The molecule has 10 heteroatoms. The van der Waals surface area contributed by atoms with E-state index >= 15 is 0 Å². The van der Waals surface area contributed by atoms with Gasteiger partial charge in [-0.05, 0) is 0 Å². The third kappa shape index (κ3) is 1.22. The Morgan fingerprint density at radius 2 is 1.94 bits per heavy atom. The van der Waals surface area contributed by atoms with Crippen molar-refractivity contribution in [2.24, 2.45) is 0 Å². The summed E-state index contributed by atoms with van der Waals surface area (Å²) in [5.74, 6) is -1.38. The lowest BCUT2D eigenvalue weighted by atomic mass is 10.2. The van der Waals surface area contributed by atoms with Gasteiger partial charge in [-0.3, -0.25) is 15.2 Å². The Labute approximate surface area is 97.1 Å². The molecule has 0 spiro atoms. The Balaban J connectivity index is 2.55. The van der Waals surface area contributed by atoms with Crippen LogP contribution >= 0.6 is 0 Å². The number of nitrogens with zero attached hydrogens (tertiary/aromatic N) is 5. The average Bonchev–Trinajstić information content (AvgIpc) is 2.79. The van der Waals surface area contributed by atoms with E-state index in [2.05, 4.69) is 25.4 Å². The van der Waals surface area contributed by atoms with Gasteiger partial charge in [0.25, 0.3) is 11.8 Å². The molecule has 0 fully saturated rings. The minimum absolute atomic E-state index is 0.00638. The number of rotatable bonds is 1. The van der Waals surface area contributed by atoms with Gasteiger partial charge in [0.2, 0.25) is 0 Å². The van der Waals surface area contributed by atoms with Crippen LogP contribution in [0.1, 0.15) is 0 Å². The molecule has 0 radical (unpaired) electrons. The van der Waals surface area contributed by atoms with Crippen LogP contribution in [0, 0.1) is 10.1 Å². The molecule has 3 aromatic rings. The fraction of sp³-hybridized carbons (Fsp3) is 0. The minimum Gasteiger partial charge on any atom is -0.489 e. The van der Waals surface area contributed by atoms with Crippen molar-refractivity contribution in [1.29, 1.82) is 0 Å². The molecule has 18 heavy (non-hydrogen) atoms. The van der Waals surface area contributed by atoms with E-state index in [0.717, 1.165) is 6.07 Å². The highest BCUT2D eigenvalue weighted by Gasteiger charge is 2.21. The number of non-ortho nitro benzene ring substituents is 1. The number of fused-ring (bicyclic) bond motifs is 3. The van der Waals surface area contributed by atoms with Crippen LogP contribution in [0.2, 0.25) is 0 Å². The number of hydrogen-bond donors (Lipinski definition) is 3. The van der Waals surface area contributed by atoms with Crippen LogP contribution in [0.25, 0.3) is 22.1 Å². The number of nitrogens with one attached hydrogen (secondary N) is 1. The monoisotopic (exact) mass is 248 g/mol. The van der Waals surface area contributed by atoms with E-state index in [4.69, 9.17) is 0 Å². The summed E-state index contributed by atoms with van der Waals surface area (Å²) in [6.07, 6.45) is 0. The lowest BCUT2D eigenvalue weighted by molar-refractivity contribution is -0.383. The fourth-order valence-corrected chi connectivity index (χ4v) is 1.62. The normalized spacial score (nSPS) is 11.1. The zero-order valence-corrected chi connectivity index (χ0v) is 8.52. The predicted octanol–water partition coefficient (Wildman–Crippen LogP) is 0.220. The number of nitro benzene ring substituents is 1. The Bertz CT molecular complexity index is 797. The van der Waals surface area contributed by atoms with Crippen molar-refractivity contribution in [3.05, 3.63) is 16.2 Å². The van der Waals surface area contributed by atoms with Crippen molar-refractivity contribution in [2.75, 3.05) is 0 Å². The molecule has 0 amide bonds. The molecule has 0 bridgehead atoms. The van der Waals surface area contributed by atoms with Crippen molar-refractivity contribution < 1.29 is 15.1 Å². The van der Waals surface area contributed by atoms with Crippen LogP contribution in [-0.4, -0.2) is 40.5 Å². The zero-order valence-electron chi connectivity index (χ0n) is 8.52. The van der Waals surface area contributed by atoms with Crippen LogP contribution in [0.15, 0.2) is 6.07 Å². The molecule has 2 heterocycles. The van der Waals surface area contributed by atoms with E-state index in [-0.39, 0.29) is 27.8 Å². The van der Waals surface area contributed by atoms with Gasteiger partial charge >= 0.3 is 5.69 Å². The van der Waals surface area contributed by atoms with Crippen LogP contribution in [0.3, 0.4) is 0 Å². The molecule has 0 aliphatic heterocycles. The number of nitro groups is 1. The Kier molecular flexibility index (Phi) is 1.82. The Morgan fingerprint density at radius 3 is 2.67 bits per heavy atom. The first-order valence-electron chi connectivity index (χ1n) is 4.65. The number of aromatic amines is 1. The van der Waals surface area contributed by atoms with E-state index in [9.17, 15) is 20.3 Å². The molecule has 0 unspecified atom stereocenters. The van der Waals surface area contributed by atoms with Gasteiger partial charge in [0, 0.05) is 6.07 Å². The van der Waals surface area contributed by atoms with Crippen LogP contribution in [-0.2, 0) is 0 Å². The SMILES string of the molecule is O=[N+]([O-])c1cc2nc(O)c(O)nc2c2[nH]nnc12. The van der Waals surface area contributed by atoms with Crippen molar-refractivity contribution in [3.8, 4) is 11.8 Å². The molecule has 1 aromatic carbocycles. The molecule has 3 rings (SSSR count). The Hall–Kier alpha value is -3.04. The summed E-state index contributed by atoms with van der Waals surface area (Å²) in [5, 5.41) is 38.9. The number of aromatic hydroxyl groups is 2. The van der Waals surface area contributed by atoms with Crippen molar-refractivity contribution in [1.82, 2.24) is 25.4 Å². The molecule has 2 aromatic heterocycles. The summed E-state index contributed by atoms with van der Waals surface area (Å²) in [5.41, 5.74) is 0.0472. The molecule has 10 nitrogen and oxygen atoms in total. The molecule has 3 N–H and O–H groups in total. The maximum Gasteiger partial charge on any atom is 0.301 e. The van der Waals surface area contributed by atoms with E-state index in [1.807, 2.05) is 0 Å². The van der Waals surface area contributed by atoms with E-state index < -0.39 is 16.7 Å². The number of H-pyrrole nitrogens is 1. The second-order valence-electron chi connectivity index (χ2n) is 3.43. The second-order valence-corrected chi connectivity index (χ2v) is 3.43. The molecule has 0 saturated heterocycles. The van der Waals surface area contributed by atoms with Crippen molar-refractivity contribution in [3.63, 3.8) is 0 Å². The van der Waals surface area contributed by atoms with Crippen molar-refractivity contribution >= 4 is 27.8 Å². The maximum absolute atomic E-state index is 10.9. The topological polar surface area (TPSA) is 151 Å². The van der Waals surface area contributed by atoms with Crippen LogP contribution in [0.5, 0.6) is 11.8 Å². The first-order valence-corrected chi connectivity index (χ1v) is 4.65. The average molecular weight is 248 g/mol. The summed E-state index contributed by atoms with van der Waals surface area (Å²) >= 11 is 0. The van der Waals surface area contributed by atoms with Crippen molar-refractivity contribution in [2.45, 2.75) is 0 Å². The summed E-state index contributed by atoms with van der Waals surface area (Å²) in [7, 11) is 0. The largest absolute Gasteiger partial charge is 0.489 e. The molecular formula is C8H4N6O4. The van der Waals surface area contributed by atoms with Gasteiger partial charge in [-0.15, -0.1) is 5.10 Å². The van der Waals surface area contributed by atoms with Gasteiger partial charge in [-0.2, -0.15) is 0 Å². The highest BCUT2D eigenvalue weighted by atomic mass is 16.6. The van der Waals surface area contributed by atoms with Crippen LogP contribution < -0.4 is 0 Å². The Morgan fingerprint density at radius 1 is 1.22 bits per heavy atom. The summed E-state index contributed by atoms with van der Waals surface area (Å²) in [4.78, 5) is 17.5. The van der Waals surface area contributed by atoms with E-state index in [1.54, 1.807) is 0 Å². The number of hydrogen-bond acceptors (Lipinski definition) is 8. The highest BCUT2D eigenvalue weighted by molar-refractivity contribution is 6.04. The first-order chi connectivity index (χ1) is 8.58. The van der Waals surface area contributed by atoms with Gasteiger partial charge in [-0.1, -0.05) is 5.21 Å². The van der Waals surface area contributed by atoms with Crippen LogP contribution in [0.4, 0.5) is 5.69 Å². The molecule has 0 aliphatic carbocycles. The lowest BCUT2D eigenvalue weighted by Crippen LogP contribution is -1.93. The highest BCUT2D eigenvalue weighted by Crippen LogP contribution is 2.31. The fourth-order valence-electron chi connectivity index (χ4n) is 1.62. The summed E-state index contributed by atoms with van der Waals surface area (Å²) in [6, 6.07) is 1.10. The first kappa shape index (κ1) is 10.1. The molecule has 0 atom stereocenters. The van der Waals surface area contributed by atoms with E-state index in [1.165, 1.54) is 0 Å². The molecule has 90 valence electrons. The van der Waals surface area contributed by atoms with Gasteiger partial charge in [0.15, 0.2) is 5.52 Å². The zero-order chi connectivity index (χ0) is 12.9. The standard InChI is InChI=1S/C8H4N6O4/c15-7-8(16)10-4-2(9-7)1-3(14(17)18)5-6(4)12-13-11-5/h1H,(H,9,15)(H,10,16)(H,11,12,13). The third-order valence-electron chi connectivity index (χ3n) is 2.38. The van der Waals surface area contributed by atoms with Gasteiger partial charge in [0.05, 0.1) is 4.92 Å². The lowest BCUT2D eigenvalue weighted by Gasteiger charge is -2.00. The van der Waals surface area contributed by atoms with Gasteiger partial charge in [-0.25, -0.2) is 9.97 Å². The number of benzene rings is 1. The quantitative estimate of drug-likeness (QED) is 0.408.